The van der Waals surface area contributed by atoms with Crippen LogP contribution in [0.15, 0.2) is 195 Å². The van der Waals surface area contributed by atoms with Crippen LogP contribution < -0.4 is 0 Å². The molecule has 0 aliphatic carbocycles. The molecule has 0 unspecified atom stereocenters. The topological polar surface area (TPSA) is 153 Å². The molecule has 0 spiro atoms. The molecule has 0 amide bonds. The van der Waals surface area contributed by atoms with Gasteiger partial charge in [0.1, 0.15) is 18.3 Å². The van der Waals surface area contributed by atoms with Crippen LogP contribution in [0.25, 0.3) is 0 Å². The summed E-state index contributed by atoms with van der Waals surface area (Å²) in [6, 6.07) is 55.6. The van der Waals surface area contributed by atoms with E-state index in [-0.39, 0.29) is 57.0 Å². The van der Waals surface area contributed by atoms with Gasteiger partial charge in [-0.05, 0) is 59.4 Å². The Balaban J connectivity index is 1.20. The zero-order valence-corrected chi connectivity index (χ0v) is 42.0. The molecule has 14 heteroatoms. The van der Waals surface area contributed by atoms with Crippen LogP contribution in [0.1, 0.15) is 62.7 Å². The minimum absolute atomic E-state index is 0.00252. The predicted octanol–water partition coefficient (Wildman–Crippen LogP) is 9.79. The maximum Gasteiger partial charge on any atom is 0.338 e. The Kier molecular flexibility index (Phi) is 20.8. The van der Waals surface area contributed by atoms with Crippen molar-refractivity contribution in [2.75, 3.05) is 19.8 Å². The Labute approximate surface area is 438 Å². The molecular weight excluding hydrogens is 957 g/mol. The zero-order valence-electron chi connectivity index (χ0n) is 42.0. The molecule has 2 heterocycles. The van der Waals surface area contributed by atoms with Gasteiger partial charge < -0.3 is 52.1 Å². The third-order valence-corrected chi connectivity index (χ3v) is 12.5. The molecule has 2 aliphatic rings. The Hall–Kier alpha value is -6.85. The maximum atomic E-state index is 14.3. The Morgan fingerprint density at radius 3 is 1.24 bits per heavy atom. The molecule has 0 bridgehead atoms. The lowest BCUT2D eigenvalue weighted by atomic mass is 9.93. The first-order valence-electron chi connectivity index (χ1n) is 25.3. The molecule has 392 valence electrons. The smallest absolute Gasteiger partial charge is 0.338 e. The first-order chi connectivity index (χ1) is 36.8. The molecule has 0 N–H and O–H groups in total. The summed E-state index contributed by atoms with van der Waals surface area (Å²) in [5, 5.41) is 0. The Morgan fingerprint density at radius 1 is 0.440 bits per heavy atom. The minimum atomic E-state index is -1.53. The SMILES string of the molecule is C=CCO[C@@H]1O[C@H](CCOCc2ccccc2)[C@@H](OCc2ccccc2)[C@H](O[C@@H]2O[C@H](CCOCc3ccccc3)[C@@H](OCc3ccccc3)[C@H](OC(=O)c3ccccc3)[C@@H]2OC(C)=O)[C@H]1OC(=O)c1ccccc1. The van der Waals surface area contributed by atoms with Crippen LogP contribution in [0, 0.1) is 0 Å². The van der Waals surface area contributed by atoms with Crippen LogP contribution in [-0.4, -0.2) is 99.1 Å². The number of carbonyl (C=O) groups excluding carboxylic acids is 3. The van der Waals surface area contributed by atoms with Crippen molar-refractivity contribution >= 4 is 17.9 Å². The monoisotopic (exact) mass is 1020 g/mol. The van der Waals surface area contributed by atoms with Crippen molar-refractivity contribution in [2.24, 2.45) is 0 Å². The standard InChI is InChI=1S/C61H64O14/c1-3-36-67-60-56(74-59(64)49-32-20-9-21-33-49)55(53(69-42-47-28-16-7-17-29-47)50(71-60)34-37-65-39-44-22-10-4-11-23-44)75-61-57(70-43(2)62)54(73-58(63)48-30-18-8-19-31-48)52(68-41-46-26-14-6-15-27-46)51(72-61)35-38-66-40-45-24-12-5-13-25-45/h3-33,50-57,60-61H,1,34-42H2,2H3/t50-,51-,52-,53-,54+,55+,56-,57+,60-,61+/m1/s1. The second-order valence-electron chi connectivity index (χ2n) is 18.0. The molecule has 2 aliphatic heterocycles. The molecule has 6 aromatic rings. The molecule has 6 aromatic carbocycles. The van der Waals surface area contributed by atoms with Gasteiger partial charge in [-0.15, -0.1) is 6.58 Å². The van der Waals surface area contributed by atoms with Crippen LogP contribution in [0.5, 0.6) is 0 Å². The third kappa shape index (κ3) is 16.1. The van der Waals surface area contributed by atoms with Gasteiger partial charge in [0.15, 0.2) is 30.9 Å². The highest BCUT2D eigenvalue weighted by Crippen LogP contribution is 2.38. The normalized spacial score (nSPS) is 23.4. The molecule has 75 heavy (non-hydrogen) atoms. The average Bonchev–Trinajstić information content (AvgIpc) is 3.45. The summed E-state index contributed by atoms with van der Waals surface area (Å²) in [6.45, 7) is 6.32. The third-order valence-electron chi connectivity index (χ3n) is 12.5. The minimum Gasteiger partial charge on any atom is -0.453 e. The fourth-order valence-corrected chi connectivity index (χ4v) is 8.91. The second-order valence-corrected chi connectivity index (χ2v) is 18.0. The van der Waals surface area contributed by atoms with Crippen molar-refractivity contribution in [1.82, 2.24) is 0 Å². The fraction of sp³-hybridized carbons (Fsp3) is 0.328. The number of rotatable bonds is 26. The number of hydrogen-bond acceptors (Lipinski definition) is 14. The maximum absolute atomic E-state index is 14.3. The Bertz CT molecular complexity index is 2630. The van der Waals surface area contributed by atoms with E-state index in [1.807, 2.05) is 121 Å². The lowest BCUT2D eigenvalue weighted by Crippen LogP contribution is -2.66. The van der Waals surface area contributed by atoms with E-state index in [2.05, 4.69) is 6.58 Å². The van der Waals surface area contributed by atoms with E-state index in [0.29, 0.717) is 13.2 Å². The van der Waals surface area contributed by atoms with Crippen LogP contribution in [0.3, 0.4) is 0 Å². The van der Waals surface area contributed by atoms with E-state index >= 15 is 0 Å². The van der Waals surface area contributed by atoms with Crippen molar-refractivity contribution in [1.29, 1.82) is 0 Å². The van der Waals surface area contributed by atoms with E-state index in [1.165, 1.54) is 6.92 Å². The van der Waals surface area contributed by atoms with Gasteiger partial charge in [0.2, 0.25) is 0 Å². The lowest BCUT2D eigenvalue weighted by Gasteiger charge is -2.49. The highest BCUT2D eigenvalue weighted by Gasteiger charge is 2.56. The molecular formula is C61H64O14. The van der Waals surface area contributed by atoms with Gasteiger partial charge in [0.25, 0.3) is 0 Å². The Morgan fingerprint density at radius 2 is 0.813 bits per heavy atom. The second kappa shape index (κ2) is 28.7. The first kappa shape index (κ1) is 54.4. The van der Waals surface area contributed by atoms with Gasteiger partial charge in [0.05, 0.1) is 56.4 Å². The number of benzene rings is 6. The molecule has 0 radical (unpaired) electrons. The number of hydrogen-bond donors (Lipinski definition) is 0. The van der Waals surface area contributed by atoms with Crippen molar-refractivity contribution in [2.45, 2.75) is 108 Å². The van der Waals surface area contributed by atoms with Crippen LogP contribution in [0.2, 0.25) is 0 Å². The van der Waals surface area contributed by atoms with Crippen molar-refractivity contribution in [3.05, 3.63) is 228 Å². The van der Waals surface area contributed by atoms with Gasteiger partial charge in [-0.25, -0.2) is 9.59 Å². The van der Waals surface area contributed by atoms with E-state index < -0.39 is 79.3 Å². The average molecular weight is 1020 g/mol. The molecule has 8 rings (SSSR count). The fourth-order valence-electron chi connectivity index (χ4n) is 8.91. The number of esters is 3. The number of carbonyl (C=O) groups is 3. The van der Waals surface area contributed by atoms with Crippen LogP contribution in [0.4, 0.5) is 0 Å². The summed E-state index contributed by atoms with van der Waals surface area (Å²) in [7, 11) is 0. The molecule has 0 aromatic heterocycles. The summed E-state index contributed by atoms with van der Waals surface area (Å²) < 4.78 is 72.4. The molecule has 0 saturated carbocycles. The number of ether oxygens (including phenoxy) is 11. The molecule has 2 fully saturated rings. The summed E-state index contributed by atoms with van der Waals surface area (Å²) in [4.78, 5) is 42.0. The van der Waals surface area contributed by atoms with E-state index in [1.54, 1.807) is 66.7 Å². The van der Waals surface area contributed by atoms with E-state index in [9.17, 15) is 14.4 Å². The molecule has 10 atom stereocenters. The molecule has 14 nitrogen and oxygen atoms in total. The highest BCUT2D eigenvalue weighted by atomic mass is 16.8. The zero-order chi connectivity index (χ0) is 52.0. The van der Waals surface area contributed by atoms with Crippen molar-refractivity contribution < 1.29 is 66.5 Å². The molecule has 2 saturated heterocycles. The van der Waals surface area contributed by atoms with Gasteiger partial charge in [-0.2, -0.15) is 0 Å². The van der Waals surface area contributed by atoms with Gasteiger partial charge >= 0.3 is 17.9 Å². The van der Waals surface area contributed by atoms with Crippen LogP contribution in [-0.2, 0) is 83.3 Å². The highest BCUT2D eigenvalue weighted by molar-refractivity contribution is 5.90. The van der Waals surface area contributed by atoms with Gasteiger partial charge in [0, 0.05) is 20.1 Å². The largest absolute Gasteiger partial charge is 0.453 e. The van der Waals surface area contributed by atoms with Crippen molar-refractivity contribution in [3.8, 4) is 0 Å². The van der Waals surface area contributed by atoms with E-state index in [4.69, 9.17) is 52.1 Å². The quantitative estimate of drug-likeness (QED) is 0.0219. The lowest BCUT2D eigenvalue weighted by molar-refractivity contribution is -0.363. The van der Waals surface area contributed by atoms with Gasteiger partial charge in [-0.3, -0.25) is 4.79 Å². The van der Waals surface area contributed by atoms with Crippen LogP contribution >= 0.6 is 0 Å². The van der Waals surface area contributed by atoms with Gasteiger partial charge in [-0.1, -0.05) is 164 Å². The van der Waals surface area contributed by atoms with Crippen molar-refractivity contribution in [3.63, 3.8) is 0 Å². The summed E-state index contributed by atoms with van der Waals surface area (Å²) in [5.74, 6) is -2.12. The summed E-state index contributed by atoms with van der Waals surface area (Å²) in [6.07, 6.45) is -10.0. The first-order valence-corrected chi connectivity index (χ1v) is 25.3. The summed E-state index contributed by atoms with van der Waals surface area (Å²) in [5.41, 5.74) is 4.13. The van der Waals surface area contributed by atoms with E-state index in [0.717, 1.165) is 22.3 Å². The predicted molar refractivity (Wildman–Crippen MR) is 277 cm³/mol. The summed E-state index contributed by atoms with van der Waals surface area (Å²) >= 11 is 0.